The number of nitrogens with zero attached hydrogens (tertiary/aromatic N) is 2. The van der Waals surface area contributed by atoms with Crippen LogP contribution >= 0.6 is 0 Å². The van der Waals surface area contributed by atoms with Gasteiger partial charge in [0.25, 0.3) is 11.8 Å². The average Bonchev–Trinajstić information content (AvgIpc) is 2.66. The highest BCUT2D eigenvalue weighted by Crippen LogP contribution is 2.30. The number of amides is 2. The Balaban J connectivity index is 1.70. The average molecular weight is 398 g/mol. The molecule has 1 aliphatic heterocycles. The van der Waals surface area contributed by atoms with Crippen LogP contribution in [0.3, 0.4) is 0 Å². The fourth-order valence-corrected chi connectivity index (χ4v) is 2.95. The number of piperazine rings is 1. The highest BCUT2D eigenvalue weighted by Gasteiger charge is 2.33. The van der Waals surface area contributed by atoms with Gasteiger partial charge in [0.1, 0.15) is 11.6 Å². The largest absolute Gasteiger partial charge is 0.416 e. The molecule has 0 aliphatic carbocycles. The Hall–Kier alpha value is -2.97. The smallest absolute Gasteiger partial charge is 0.335 e. The summed E-state index contributed by atoms with van der Waals surface area (Å²) in [6.45, 7) is 0.245. The second-order valence-electron chi connectivity index (χ2n) is 6.29. The van der Waals surface area contributed by atoms with E-state index in [-0.39, 0.29) is 31.7 Å². The zero-order valence-corrected chi connectivity index (χ0v) is 14.5. The van der Waals surface area contributed by atoms with Gasteiger partial charge < -0.3 is 9.80 Å². The predicted octanol–water partition coefficient (Wildman–Crippen LogP) is 3.58. The lowest BCUT2D eigenvalue weighted by Crippen LogP contribution is -2.50. The molecule has 9 heteroatoms. The van der Waals surface area contributed by atoms with Crippen molar-refractivity contribution in [2.75, 3.05) is 26.2 Å². The highest BCUT2D eigenvalue weighted by atomic mass is 19.4. The van der Waals surface area contributed by atoms with Gasteiger partial charge in [0.2, 0.25) is 0 Å². The van der Waals surface area contributed by atoms with E-state index in [1.165, 1.54) is 28.0 Å². The molecule has 4 nitrogen and oxygen atoms in total. The maximum absolute atomic E-state index is 13.9. The van der Waals surface area contributed by atoms with Crippen molar-refractivity contribution < 1.29 is 31.5 Å². The minimum absolute atomic E-state index is 0.0234. The summed E-state index contributed by atoms with van der Waals surface area (Å²) < 4.78 is 65.6. The Labute approximate surface area is 157 Å². The van der Waals surface area contributed by atoms with Crippen molar-refractivity contribution in [3.8, 4) is 0 Å². The number of benzene rings is 2. The lowest BCUT2D eigenvalue weighted by Gasteiger charge is -2.35. The molecular formula is C19H15F5N2O2. The van der Waals surface area contributed by atoms with Gasteiger partial charge in [-0.05, 0) is 36.4 Å². The summed E-state index contributed by atoms with van der Waals surface area (Å²) in [5.74, 6) is -2.89. The molecule has 3 rings (SSSR count). The Morgan fingerprint density at radius 1 is 0.821 bits per heavy atom. The van der Waals surface area contributed by atoms with Crippen molar-refractivity contribution in [3.63, 3.8) is 0 Å². The molecule has 1 heterocycles. The Morgan fingerprint density at radius 3 is 2.00 bits per heavy atom. The molecule has 1 aliphatic rings. The molecule has 0 N–H and O–H groups in total. The lowest BCUT2D eigenvalue weighted by atomic mass is 10.1. The quantitative estimate of drug-likeness (QED) is 0.726. The third kappa shape index (κ3) is 4.13. The molecule has 0 radical (unpaired) electrons. The van der Waals surface area contributed by atoms with Gasteiger partial charge in [0, 0.05) is 31.7 Å². The van der Waals surface area contributed by atoms with Crippen LogP contribution in [-0.4, -0.2) is 47.8 Å². The number of rotatable bonds is 2. The van der Waals surface area contributed by atoms with E-state index in [9.17, 15) is 31.5 Å². The zero-order chi connectivity index (χ0) is 20.5. The molecule has 2 amide bonds. The topological polar surface area (TPSA) is 40.6 Å². The zero-order valence-electron chi connectivity index (χ0n) is 14.5. The highest BCUT2D eigenvalue weighted by molar-refractivity contribution is 5.96. The van der Waals surface area contributed by atoms with Gasteiger partial charge in [-0.2, -0.15) is 13.2 Å². The first-order valence-electron chi connectivity index (χ1n) is 8.37. The summed E-state index contributed by atoms with van der Waals surface area (Å²) in [5, 5.41) is 0. The number of alkyl halides is 3. The molecule has 0 spiro atoms. The number of carbonyl (C=O) groups is 2. The molecule has 0 bridgehead atoms. The van der Waals surface area contributed by atoms with Crippen LogP contribution in [-0.2, 0) is 6.18 Å². The lowest BCUT2D eigenvalue weighted by molar-refractivity contribution is -0.137. The number of hydrogen-bond acceptors (Lipinski definition) is 2. The second-order valence-corrected chi connectivity index (χ2v) is 6.29. The molecule has 0 aromatic heterocycles. The van der Waals surface area contributed by atoms with Gasteiger partial charge in [-0.25, -0.2) is 8.78 Å². The summed E-state index contributed by atoms with van der Waals surface area (Å²) >= 11 is 0. The normalized spacial score (nSPS) is 14.9. The van der Waals surface area contributed by atoms with Crippen molar-refractivity contribution in [2.24, 2.45) is 0 Å². The van der Waals surface area contributed by atoms with E-state index in [0.717, 1.165) is 6.07 Å². The molecule has 0 saturated carbocycles. The van der Waals surface area contributed by atoms with Crippen LogP contribution in [0.1, 0.15) is 26.3 Å². The van der Waals surface area contributed by atoms with Crippen molar-refractivity contribution in [3.05, 3.63) is 70.8 Å². The number of carbonyl (C=O) groups excluding carboxylic acids is 2. The van der Waals surface area contributed by atoms with E-state index < -0.39 is 40.8 Å². The van der Waals surface area contributed by atoms with Gasteiger partial charge in [-0.3, -0.25) is 9.59 Å². The molecule has 148 valence electrons. The van der Waals surface area contributed by atoms with Crippen LogP contribution in [0.15, 0.2) is 42.5 Å². The fraction of sp³-hybridized carbons (Fsp3) is 0.263. The van der Waals surface area contributed by atoms with Crippen LogP contribution in [0, 0.1) is 11.6 Å². The first-order valence-corrected chi connectivity index (χ1v) is 8.37. The summed E-state index contributed by atoms with van der Waals surface area (Å²) in [6.07, 6.45) is -4.70. The van der Waals surface area contributed by atoms with Gasteiger partial charge in [0.05, 0.1) is 11.1 Å². The van der Waals surface area contributed by atoms with E-state index >= 15 is 0 Å². The predicted molar refractivity (Wildman–Crippen MR) is 89.6 cm³/mol. The standard InChI is InChI=1S/C19H15F5N2O2/c20-14-3-1-2-12(10-14)17(27)25-6-8-26(9-7-25)18(28)15-11-13(19(22,23)24)4-5-16(15)21/h1-5,10-11H,6-9H2. The van der Waals surface area contributed by atoms with Gasteiger partial charge in [-0.1, -0.05) is 6.07 Å². The van der Waals surface area contributed by atoms with E-state index in [4.69, 9.17) is 0 Å². The fourth-order valence-electron chi connectivity index (χ4n) is 2.95. The van der Waals surface area contributed by atoms with Crippen LogP contribution in [0.5, 0.6) is 0 Å². The van der Waals surface area contributed by atoms with Crippen LogP contribution in [0.2, 0.25) is 0 Å². The third-order valence-electron chi connectivity index (χ3n) is 4.45. The molecule has 28 heavy (non-hydrogen) atoms. The summed E-state index contributed by atoms with van der Waals surface area (Å²) in [4.78, 5) is 27.4. The van der Waals surface area contributed by atoms with E-state index in [1.54, 1.807) is 0 Å². The maximum atomic E-state index is 13.9. The van der Waals surface area contributed by atoms with E-state index in [2.05, 4.69) is 0 Å². The van der Waals surface area contributed by atoms with Crippen LogP contribution in [0.25, 0.3) is 0 Å². The number of halogens is 5. The van der Waals surface area contributed by atoms with Gasteiger partial charge in [0.15, 0.2) is 0 Å². The van der Waals surface area contributed by atoms with Crippen molar-refractivity contribution >= 4 is 11.8 Å². The van der Waals surface area contributed by atoms with Crippen molar-refractivity contribution in [1.82, 2.24) is 9.80 Å². The maximum Gasteiger partial charge on any atom is 0.416 e. The monoisotopic (exact) mass is 398 g/mol. The van der Waals surface area contributed by atoms with E-state index in [1.807, 2.05) is 0 Å². The first-order chi connectivity index (χ1) is 13.2. The molecule has 1 fully saturated rings. The van der Waals surface area contributed by atoms with Crippen molar-refractivity contribution in [1.29, 1.82) is 0 Å². The van der Waals surface area contributed by atoms with Gasteiger partial charge in [-0.15, -0.1) is 0 Å². The van der Waals surface area contributed by atoms with Crippen molar-refractivity contribution in [2.45, 2.75) is 6.18 Å². The second kappa shape index (κ2) is 7.57. The van der Waals surface area contributed by atoms with Gasteiger partial charge >= 0.3 is 6.18 Å². The molecule has 0 atom stereocenters. The Bertz CT molecular complexity index is 905. The Kier molecular flexibility index (Phi) is 5.35. The number of hydrogen-bond donors (Lipinski definition) is 0. The van der Waals surface area contributed by atoms with E-state index in [0.29, 0.717) is 18.2 Å². The summed E-state index contributed by atoms with van der Waals surface area (Å²) in [5.41, 5.74) is -1.62. The first kappa shape index (κ1) is 19.8. The molecule has 2 aromatic carbocycles. The summed E-state index contributed by atoms with van der Waals surface area (Å²) in [6, 6.07) is 6.83. The molecule has 0 unspecified atom stereocenters. The molecule has 2 aromatic rings. The third-order valence-corrected chi connectivity index (χ3v) is 4.45. The van der Waals surface area contributed by atoms with Crippen LogP contribution < -0.4 is 0 Å². The summed E-state index contributed by atoms with van der Waals surface area (Å²) in [7, 11) is 0. The minimum Gasteiger partial charge on any atom is -0.335 e. The Morgan fingerprint density at radius 2 is 1.43 bits per heavy atom. The SMILES string of the molecule is O=C(c1cccc(F)c1)N1CCN(C(=O)c2cc(C(F)(F)F)ccc2F)CC1. The molecule has 1 saturated heterocycles. The minimum atomic E-state index is -4.70. The van der Waals surface area contributed by atoms with Crippen LogP contribution in [0.4, 0.5) is 22.0 Å². The molecular weight excluding hydrogens is 383 g/mol.